The summed E-state index contributed by atoms with van der Waals surface area (Å²) in [5.41, 5.74) is 2.83. The van der Waals surface area contributed by atoms with E-state index >= 15 is 0 Å². The van der Waals surface area contributed by atoms with Crippen molar-refractivity contribution in [2.75, 3.05) is 39.8 Å². The Bertz CT molecular complexity index is 876. The van der Waals surface area contributed by atoms with Gasteiger partial charge in [-0.2, -0.15) is 0 Å². The highest BCUT2D eigenvalue weighted by Gasteiger charge is 2.31. The fourth-order valence-corrected chi connectivity index (χ4v) is 4.55. The highest BCUT2D eigenvalue weighted by Crippen LogP contribution is 2.29. The smallest absolute Gasteiger partial charge is 0.256 e. The van der Waals surface area contributed by atoms with Crippen LogP contribution in [0.25, 0.3) is 0 Å². The van der Waals surface area contributed by atoms with Crippen LogP contribution in [0.4, 0.5) is 0 Å². The molecule has 1 aromatic carbocycles. The number of hydrogen-bond donors (Lipinski definition) is 0. The number of amides is 2. The van der Waals surface area contributed by atoms with Crippen molar-refractivity contribution < 1.29 is 9.59 Å². The van der Waals surface area contributed by atoms with Crippen LogP contribution in [0.1, 0.15) is 53.3 Å². The molecule has 2 aliphatic rings. The summed E-state index contributed by atoms with van der Waals surface area (Å²) < 4.78 is 0. The Labute approximate surface area is 178 Å². The van der Waals surface area contributed by atoms with Crippen molar-refractivity contribution in [2.24, 2.45) is 0 Å². The first-order valence-corrected chi connectivity index (χ1v) is 10.8. The van der Waals surface area contributed by atoms with Gasteiger partial charge in [0.05, 0.1) is 11.6 Å². The van der Waals surface area contributed by atoms with Crippen molar-refractivity contribution in [2.45, 2.75) is 31.7 Å². The Balaban J connectivity index is 1.47. The summed E-state index contributed by atoms with van der Waals surface area (Å²) in [7, 11) is 2.10. The molecular formula is C24H30N4O2. The maximum atomic E-state index is 13.3. The Kier molecular flexibility index (Phi) is 6.13. The third-order valence-corrected chi connectivity index (χ3v) is 6.42. The lowest BCUT2D eigenvalue weighted by Crippen LogP contribution is -2.49. The zero-order valence-corrected chi connectivity index (χ0v) is 17.8. The van der Waals surface area contributed by atoms with E-state index in [0.29, 0.717) is 18.0 Å². The van der Waals surface area contributed by atoms with Crippen LogP contribution in [0, 0.1) is 0 Å². The van der Waals surface area contributed by atoms with Crippen LogP contribution in [0.2, 0.25) is 0 Å². The van der Waals surface area contributed by atoms with E-state index in [4.69, 9.17) is 0 Å². The first kappa shape index (κ1) is 20.5. The van der Waals surface area contributed by atoms with Gasteiger partial charge in [-0.15, -0.1) is 0 Å². The quantitative estimate of drug-likeness (QED) is 0.787. The average Bonchev–Trinajstić information content (AvgIpc) is 2.79. The number of hydrogen-bond acceptors (Lipinski definition) is 4. The molecule has 30 heavy (non-hydrogen) atoms. The normalized spacial score (nSPS) is 20.9. The number of piperazine rings is 1. The molecule has 0 spiro atoms. The molecule has 1 atom stereocenters. The molecule has 2 amide bonds. The van der Waals surface area contributed by atoms with Crippen LogP contribution in [-0.2, 0) is 4.79 Å². The van der Waals surface area contributed by atoms with Crippen LogP contribution in [0.3, 0.4) is 0 Å². The van der Waals surface area contributed by atoms with Gasteiger partial charge >= 0.3 is 0 Å². The van der Waals surface area contributed by atoms with E-state index in [-0.39, 0.29) is 17.9 Å². The maximum absolute atomic E-state index is 13.3. The summed E-state index contributed by atoms with van der Waals surface area (Å²) in [5, 5.41) is 0. The highest BCUT2D eigenvalue weighted by atomic mass is 16.2. The third-order valence-electron chi connectivity index (χ3n) is 6.42. The molecule has 2 fully saturated rings. The summed E-state index contributed by atoms with van der Waals surface area (Å²) in [5.74, 6) is 0.537. The van der Waals surface area contributed by atoms with Gasteiger partial charge in [0.25, 0.3) is 5.91 Å². The molecule has 3 heterocycles. The van der Waals surface area contributed by atoms with E-state index in [1.54, 1.807) is 13.1 Å². The number of carbonyl (C=O) groups is 2. The van der Waals surface area contributed by atoms with Gasteiger partial charge in [0, 0.05) is 57.5 Å². The van der Waals surface area contributed by atoms with Gasteiger partial charge in [0.15, 0.2) is 0 Å². The number of nitrogens with zero attached hydrogens (tertiary/aromatic N) is 4. The lowest BCUT2D eigenvalue weighted by atomic mass is 9.92. The van der Waals surface area contributed by atoms with E-state index in [1.807, 2.05) is 40.1 Å². The first-order chi connectivity index (χ1) is 14.5. The number of benzene rings is 1. The molecule has 0 saturated carbocycles. The number of carbonyl (C=O) groups excluding carboxylic acids is 2. The summed E-state index contributed by atoms with van der Waals surface area (Å²) in [6.07, 6.45) is 3.58. The van der Waals surface area contributed by atoms with E-state index in [1.165, 1.54) is 5.56 Å². The van der Waals surface area contributed by atoms with E-state index in [0.717, 1.165) is 44.7 Å². The second-order valence-electron chi connectivity index (χ2n) is 8.44. The Morgan fingerprint density at radius 1 is 0.967 bits per heavy atom. The zero-order valence-electron chi connectivity index (χ0n) is 17.8. The fraction of sp³-hybridized carbons (Fsp3) is 0.458. The standard InChI is InChI=1S/C24H30N4O2/c1-18(29)27-12-10-19(11-13-27)22-9-8-21(16-25-22)24(30)28-15-14-26(2)17-23(28)20-6-4-3-5-7-20/h3-9,16,19,23H,10-15,17H2,1-2H3/t23-/m1/s1. The van der Waals surface area contributed by atoms with Crippen molar-refractivity contribution in [3.05, 3.63) is 65.5 Å². The number of aromatic nitrogens is 1. The number of pyridine rings is 1. The molecule has 1 aromatic heterocycles. The molecule has 0 aliphatic carbocycles. The second kappa shape index (κ2) is 8.96. The minimum atomic E-state index is 0.0439. The van der Waals surface area contributed by atoms with Crippen LogP contribution in [-0.4, -0.2) is 71.3 Å². The SMILES string of the molecule is CC(=O)N1CCC(c2ccc(C(=O)N3CCN(C)C[C@@H]3c3ccccc3)cn2)CC1. The predicted octanol–water partition coefficient (Wildman–Crippen LogP) is 2.94. The van der Waals surface area contributed by atoms with E-state index in [2.05, 4.69) is 29.1 Å². The third kappa shape index (κ3) is 4.38. The molecule has 0 unspecified atom stereocenters. The van der Waals surface area contributed by atoms with Crippen molar-refractivity contribution in [3.63, 3.8) is 0 Å². The van der Waals surface area contributed by atoms with Crippen molar-refractivity contribution in [1.29, 1.82) is 0 Å². The summed E-state index contributed by atoms with van der Waals surface area (Å²) >= 11 is 0. The number of likely N-dealkylation sites (tertiary alicyclic amines) is 1. The molecule has 2 aliphatic heterocycles. The van der Waals surface area contributed by atoms with Gasteiger partial charge in [-0.3, -0.25) is 14.6 Å². The van der Waals surface area contributed by atoms with Gasteiger partial charge in [0.2, 0.25) is 5.91 Å². The lowest BCUT2D eigenvalue weighted by Gasteiger charge is -2.40. The van der Waals surface area contributed by atoms with Crippen LogP contribution >= 0.6 is 0 Å². The van der Waals surface area contributed by atoms with E-state index < -0.39 is 0 Å². The van der Waals surface area contributed by atoms with Gasteiger partial charge < -0.3 is 14.7 Å². The van der Waals surface area contributed by atoms with Crippen molar-refractivity contribution in [1.82, 2.24) is 19.7 Å². The molecule has 6 nitrogen and oxygen atoms in total. The molecule has 2 saturated heterocycles. The number of likely N-dealkylation sites (N-methyl/N-ethyl adjacent to an activating group) is 1. The Morgan fingerprint density at radius 2 is 1.70 bits per heavy atom. The molecule has 6 heteroatoms. The Hall–Kier alpha value is -2.73. The molecule has 4 rings (SSSR count). The zero-order chi connectivity index (χ0) is 21.1. The lowest BCUT2D eigenvalue weighted by molar-refractivity contribution is -0.129. The molecule has 0 radical (unpaired) electrons. The maximum Gasteiger partial charge on any atom is 0.256 e. The van der Waals surface area contributed by atoms with Crippen molar-refractivity contribution >= 4 is 11.8 Å². The average molecular weight is 407 g/mol. The van der Waals surface area contributed by atoms with Gasteiger partial charge in [-0.25, -0.2) is 0 Å². The monoisotopic (exact) mass is 406 g/mol. The molecule has 0 N–H and O–H groups in total. The summed E-state index contributed by atoms with van der Waals surface area (Å²) in [6, 6.07) is 14.2. The summed E-state index contributed by atoms with van der Waals surface area (Å²) in [4.78, 5) is 35.6. The summed E-state index contributed by atoms with van der Waals surface area (Å²) in [6.45, 7) is 5.59. The largest absolute Gasteiger partial charge is 0.343 e. The fourth-order valence-electron chi connectivity index (χ4n) is 4.55. The Morgan fingerprint density at radius 3 is 2.33 bits per heavy atom. The first-order valence-electron chi connectivity index (χ1n) is 10.8. The molecule has 158 valence electrons. The topological polar surface area (TPSA) is 56.8 Å². The molecule has 0 bridgehead atoms. The van der Waals surface area contributed by atoms with Gasteiger partial charge in [-0.05, 0) is 37.6 Å². The second-order valence-corrected chi connectivity index (χ2v) is 8.44. The van der Waals surface area contributed by atoms with Gasteiger partial charge in [0.1, 0.15) is 0 Å². The number of piperidine rings is 1. The molecule has 2 aromatic rings. The van der Waals surface area contributed by atoms with Crippen LogP contribution < -0.4 is 0 Å². The minimum Gasteiger partial charge on any atom is -0.343 e. The highest BCUT2D eigenvalue weighted by molar-refractivity contribution is 5.94. The van der Waals surface area contributed by atoms with Crippen LogP contribution in [0.15, 0.2) is 48.7 Å². The van der Waals surface area contributed by atoms with Gasteiger partial charge in [-0.1, -0.05) is 30.3 Å². The number of rotatable bonds is 3. The minimum absolute atomic E-state index is 0.0439. The van der Waals surface area contributed by atoms with Crippen molar-refractivity contribution in [3.8, 4) is 0 Å². The molecular weight excluding hydrogens is 376 g/mol. The van der Waals surface area contributed by atoms with E-state index in [9.17, 15) is 9.59 Å². The van der Waals surface area contributed by atoms with Crippen LogP contribution in [0.5, 0.6) is 0 Å². The predicted molar refractivity (Wildman–Crippen MR) is 116 cm³/mol.